The average Bonchev–Trinajstić information content (AvgIpc) is 2.83. The molecule has 1 aromatic carbocycles. The molecule has 0 aliphatic carbocycles. The Morgan fingerprint density at radius 3 is 2.95 bits per heavy atom. The van der Waals surface area contributed by atoms with E-state index in [1.54, 1.807) is 10.9 Å². The molecule has 0 saturated carbocycles. The van der Waals surface area contributed by atoms with Gasteiger partial charge in [0.2, 0.25) is 0 Å². The average molecular weight is 279 g/mol. The minimum Gasteiger partial charge on any atom is -0.487 e. The number of aryl methyl sites for hydroxylation is 1. The quantitative estimate of drug-likeness (QED) is 0.518. The van der Waals surface area contributed by atoms with Gasteiger partial charge in [0.05, 0.1) is 12.1 Å². The molecule has 19 heavy (non-hydrogen) atoms. The molecule has 0 fully saturated rings. The maximum atomic E-state index is 5.72. The summed E-state index contributed by atoms with van der Waals surface area (Å²) < 4.78 is 7.45. The van der Waals surface area contributed by atoms with Crippen LogP contribution in [0.4, 0.5) is 5.69 Å². The van der Waals surface area contributed by atoms with Gasteiger partial charge in [-0.3, -0.25) is 4.68 Å². The third kappa shape index (κ3) is 3.72. The SMILES string of the molecule is Cn1cc(COc2ccccc2N=C(N)CCl)cn1. The van der Waals surface area contributed by atoms with Gasteiger partial charge in [0.25, 0.3) is 0 Å². The van der Waals surface area contributed by atoms with E-state index in [-0.39, 0.29) is 5.88 Å². The van der Waals surface area contributed by atoms with Crippen LogP contribution in [0.3, 0.4) is 0 Å². The zero-order valence-electron chi connectivity index (χ0n) is 10.6. The van der Waals surface area contributed by atoms with E-state index < -0.39 is 0 Å². The number of para-hydroxylation sites is 2. The molecule has 0 bridgehead atoms. The number of hydrogen-bond acceptors (Lipinski definition) is 3. The van der Waals surface area contributed by atoms with Gasteiger partial charge < -0.3 is 10.5 Å². The normalized spacial score (nSPS) is 11.6. The summed E-state index contributed by atoms with van der Waals surface area (Å²) in [4.78, 5) is 4.21. The zero-order valence-corrected chi connectivity index (χ0v) is 11.3. The van der Waals surface area contributed by atoms with Crippen LogP contribution < -0.4 is 10.5 Å². The maximum Gasteiger partial charge on any atom is 0.145 e. The number of aliphatic imine (C=N–C) groups is 1. The number of halogens is 1. The fraction of sp³-hybridized carbons (Fsp3) is 0.231. The van der Waals surface area contributed by atoms with Crippen molar-refractivity contribution in [1.29, 1.82) is 0 Å². The van der Waals surface area contributed by atoms with Gasteiger partial charge in [0.15, 0.2) is 0 Å². The van der Waals surface area contributed by atoms with E-state index in [4.69, 9.17) is 22.1 Å². The molecular formula is C13H15ClN4O. The van der Waals surface area contributed by atoms with Crippen molar-refractivity contribution in [1.82, 2.24) is 9.78 Å². The van der Waals surface area contributed by atoms with Gasteiger partial charge in [0.1, 0.15) is 23.9 Å². The van der Waals surface area contributed by atoms with E-state index in [1.807, 2.05) is 37.5 Å². The molecule has 0 spiro atoms. The fourth-order valence-corrected chi connectivity index (χ4v) is 1.62. The van der Waals surface area contributed by atoms with Gasteiger partial charge in [-0.05, 0) is 12.1 Å². The number of ether oxygens (including phenoxy) is 1. The van der Waals surface area contributed by atoms with Crippen LogP contribution in [-0.4, -0.2) is 21.5 Å². The first kappa shape index (κ1) is 13.4. The predicted octanol–water partition coefficient (Wildman–Crippen LogP) is 2.23. The number of nitrogens with two attached hydrogens (primary N) is 1. The molecule has 0 aliphatic rings. The second kappa shape index (κ2) is 6.24. The monoisotopic (exact) mass is 278 g/mol. The van der Waals surface area contributed by atoms with Gasteiger partial charge in [-0.25, -0.2) is 4.99 Å². The third-order valence-electron chi connectivity index (χ3n) is 2.42. The predicted molar refractivity (Wildman–Crippen MR) is 76.0 cm³/mol. The first-order valence-electron chi connectivity index (χ1n) is 5.77. The van der Waals surface area contributed by atoms with Crippen molar-refractivity contribution < 1.29 is 4.74 Å². The highest BCUT2D eigenvalue weighted by Gasteiger charge is 2.04. The molecule has 0 radical (unpaired) electrons. The number of alkyl halides is 1. The molecule has 6 heteroatoms. The summed E-state index contributed by atoms with van der Waals surface area (Å²) in [5.41, 5.74) is 7.30. The Morgan fingerprint density at radius 2 is 2.26 bits per heavy atom. The Morgan fingerprint density at radius 1 is 1.47 bits per heavy atom. The van der Waals surface area contributed by atoms with Crippen molar-refractivity contribution in [2.75, 3.05) is 5.88 Å². The van der Waals surface area contributed by atoms with Gasteiger partial charge in [-0.15, -0.1) is 11.6 Å². The second-order valence-electron chi connectivity index (χ2n) is 4.02. The van der Waals surface area contributed by atoms with Gasteiger partial charge in [-0.1, -0.05) is 12.1 Å². The Kier molecular flexibility index (Phi) is 4.41. The van der Waals surface area contributed by atoms with Crippen LogP contribution in [0.2, 0.25) is 0 Å². The molecule has 2 rings (SSSR count). The van der Waals surface area contributed by atoms with Crippen LogP contribution >= 0.6 is 11.6 Å². The summed E-state index contributed by atoms with van der Waals surface area (Å²) in [6, 6.07) is 7.43. The van der Waals surface area contributed by atoms with E-state index in [1.165, 1.54) is 0 Å². The highest BCUT2D eigenvalue weighted by Crippen LogP contribution is 2.27. The van der Waals surface area contributed by atoms with Gasteiger partial charge in [0, 0.05) is 18.8 Å². The minimum absolute atomic E-state index is 0.191. The number of nitrogens with zero attached hydrogens (tertiary/aromatic N) is 3. The number of amidine groups is 1. The van der Waals surface area contributed by atoms with E-state index in [2.05, 4.69) is 10.1 Å². The van der Waals surface area contributed by atoms with Crippen LogP contribution in [0, 0.1) is 0 Å². The van der Waals surface area contributed by atoms with Gasteiger partial charge in [-0.2, -0.15) is 5.10 Å². The van der Waals surface area contributed by atoms with Crippen molar-refractivity contribution in [3.8, 4) is 5.75 Å². The van der Waals surface area contributed by atoms with E-state index in [9.17, 15) is 0 Å². The first-order chi connectivity index (χ1) is 9.19. The summed E-state index contributed by atoms with van der Waals surface area (Å²) in [5.74, 6) is 1.22. The Hall–Kier alpha value is -2.01. The van der Waals surface area contributed by atoms with Crippen molar-refractivity contribution >= 4 is 23.1 Å². The molecule has 100 valence electrons. The van der Waals surface area contributed by atoms with E-state index >= 15 is 0 Å². The molecular weight excluding hydrogens is 264 g/mol. The summed E-state index contributed by atoms with van der Waals surface area (Å²) in [5, 5.41) is 4.08. The van der Waals surface area contributed by atoms with Crippen molar-refractivity contribution in [3.63, 3.8) is 0 Å². The molecule has 2 N–H and O–H groups in total. The lowest BCUT2D eigenvalue weighted by Gasteiger charge is -2.07. The summed E-state index contributed by atoms with van der Waals surface area (Å²) in [6.45, 7) is 0.432. The first-order valence-corrected chi connectivity index (χ1v) is 6.31. The van der Waals surface area contributed by atoms with Crippen LogP contribution in [0.15, 0.2) is 41.7 Å². The standard InChI is InChI=1S/C13H15ClN4O/c1-18-8-10(7-16-18)9-19-12-5-3-2-4-11(12)17-13(15)6-14/h2-5,7-8H,6,9H2,1H3,(H2,15,17). The Labute approximate surface area is 116 Å². The van der Waals surface area contributed by atoms with Gasteiger partial charge >= 0.3 is 0 Å². The third-order valence-corrected chi connectivity index (χ3v) is 2.69. The van der Waals surface area contributed by atoms with E-state index in [0.29, 0.717) is 23.9 Å². The topological polar surface area (TPSA) is 65.4 Å². The van der Waals surface area contributed by atoms with Crippen LogP contribution in [-0.2, 0) is 13.7 Å². The Bertz CT molecular complexity index is 580. The van der Waals surface area contributed by atoms with Crippen molar-refractivity contribution in [3.05, 3.63) is 42.2 Å². The number of hydrogen-bond donors (Lipinski definition) is 1. The number of benzene rings is 1. The molecule has 1 aromatic heterocycles. The van der Waals surface area contributed by atoms with Crippen LogP contribution in [0.25, 0.3) is 0 Å². The molecule has 1 heterocycles. The van der Waals surface area contributed by atoms with Crippen LogP contribution in [0.5, 0.6) is 5.75 Å². The summed E-state index contributed by atoms with van der Waals surface area (Å²) >= 11 is 5.62. The molecule has 5 nitrogen and oxygen atoms in total. The largest absolute Gasteiger partial charge is 0.487 e. The van der Waals surface area contributed by atoms with Crippen molar-refractivity contribution in [2.45, 2.75) is 6.61 Å². The molecule has 2 aromatic rings. The van der Waals surface area contributed by atoms with Crippen molar-refractivity contribution in [2.24, 2.45) is 17.8 Å². The number of rotatable bonds is 5. The summed E-state index contributed by atoms with van der Waals surface area (Å²) in [6.07, 6.45) is 3.66. The number of aromatic nitrogens is 2. The second-order valence-corrected chi connectivity index (χ2v) is 4.28. The minimum atomic E-state index is 0.191. The lowest BCUT2D eigenvalue weighted by atomic mass is 10.3. The zero-order chi connectivity index (χ0) is 13.7. The maximum absolute atomic E-state index is 5.72. The van der Waals surface area contributed by atoms with Crippen LogP contribution in [0.1, 0.15) is 5.56 Å². The fourth-order valence-electron chi connectivity index (χ4n) is 1.56. The summed E-state index contributed by atoms with van der Waals surface area (Å²) in [7, 11) is 1.86. The lowest BCUT2D eigenvalue weighted by Crippen LogP contribution is -2.12. The molecule has 0 amide bonds. The molecule has 0 atom stereocenters. The smallest absolute Gasteiger partial charge is 0.145 e. The molecule has 0 saturated heterocycles. The lowest BCUT2D eigenvalue weighted by molar-refractivity contribution is 0.307. The highest BCUT2D eigenvalue weighted by molar-refractivity contribution is 6.28. The molecule has 0 unspecified atom stereocenters. The Balaban J connectivity index is 2.12. The highest BCUT2D eigenvalue weighted by atomic mass is 35.5. The molecule has 0 aliphatic heterocycles. The van der Waals surface area contributed by atoms with E-state index in [0.717, 1.165) is 5.56 Å².